The number of nitrogens with zero attached hydrogens (tertiary/aromatic N) is 3. The Kier molecular flexibility index (Phi) is 5.45. The predicted octanol–water partition coefficient (Wildman–Crippen LogP) is 4.27. The van der Waals surface area contributed by atoms with Crippen LogP contribution in [0.5, 0.6) is 11.5 Å². The quantitative estimate of drug-likeness (QED) is 0.643. The number of hydrogen-bond acceptors (Lipinski definition) is 4. The van der Waals surface area contributed by atoms with E-state index in [2.05, 4.69) is 0 Å². The molecule has 0 N–H and O–H groups in total. The summed E-state index contributed by atoms with van der Waals surface area (Å²) in [6.07, 6.45) is 0.830. The predicted molar refractivity (Wildman–Crippen MR) is 112 cm³/mol. The van der Waals surface area contributed by atoms with E-state index in [9.17, 15) is 4.79 Å². The SMILES string of the molecule is COc1ccc(-c2cc3n(n2)CCCN(C(=O)c2ccccc2Cl)C3)cc1OC. The molecule has 4 rings (SSSR count). The highest BCUT2D eigenvalue weighted by molar-refractivity contribution is 6.33. The number of hydrogen-bond donors (Lipinski definition) is 0. The molecule has 1 aliphatic rings. The number of carbonyl (C=O) groups excluding carboxylic acids is 1. The van der Waals surface area contributed by atoms with Crippen molar-refractivity contribution in [1.82, 2.24) is 14.7 Å². The fraction of sp³-hybridized carbons (Fsp3) is 0.273. The highest BCUT2D eigenvalue weighted by Gasteiger charge is 2.23. The number of carbonyl (C=O) groups is 1. The molecule has 1 aliphatic heterocycles. The minimum Gasteiger partial charge on any atom is -0.493 e. The van der Waals surface area contributed by atoms with Gasteiger partial charge in [0.2, 0.25) is 0 Å². The second-order valence-electron chi connectivity index (χ2n) is 6.87. The van der Waals surface area contributed by atoms with E-state index in [0.29, 0.717) is 35.2 Å². The molecule has 150 valence electrons. The molecule has 0 radical (unpaired) electrons. The van der Waals surface area contributed by atoms with Gasteiger partial charge in [0.05, 0.1) is 42.7 Å². The Labute approximate surface area is 174 Å². The van der Waals surface area contributed by atoms with Crippen molar-refractivity contribution in [2.75, 3.05) is 20.8 Å². The first-order valence-electron chi connectivity index (χ1n) is 9.43. The molecular weight excluding hydrogens is 390 g/mol. The first kappa shape index (κ1) is 19.3. The normalized spacial score (nSPS) is 13.6. The van der Waals surface area contributed by atoms with Crippen LogP contribution in [0.3, 0.4) is 0 Å². The fourth-order valence-corrected chi connectivity index (χ4v) is 3.79. The zero-order valence-electron chi connectivity index (χ0n) is 16.4. The Bertz CT molecular complexity index is 1050. The van der Waals surface area contributed by atoms with Gasteiger partial charge in [0, 0.05) is 18.7 Å². The smallest absolute Gasteiger partial charge is 0.255 e. The van der Waals surface area contributed by atoms with Crippen molar-refractivity contribution < 1.29 is 14.3 Å². The van der Waals surface area contributed by atoms with Crippen LogP contribution >= 0.6 is 11.6 Å². The standard InChI is InChI=1S/C22H22ClN3O3/c1-28-20-9-8-15(12-21(20)29-2)19-13-16-14-25(10-5-11-26(16)24-19)22(27)17-6-3-4-7-18(17)23/h3-4,6-9,12-13H,5,10-11,14H2,1-2H3. The number of rotatable bonds is 4. The molecule has 0 fully saturated rings. The van der Waals surface area contributed by atoms with E-state index >= 15 is 0 Å². The third-order valence-electron chi connectivity index (χ3n) is 5.08. The van der Waals surface area contributed by atoms with Crippen LogP contribution in [-0.2, 0) is 13.1 Å². The molecule has 0 aliphatic carbocycles. The van der Waals surface area contributed by atoms with Gasteiger partial charge in [0.25, 0.3) is 5.91 Å². The molecule has 3 aromatic rings. The Hall–Kier alpha value is -2.99. The summed E-state index contributed by atoms with van der Waals surface area (Å²) in [5, 5.41) is 5.23. The third-order valence-corrected chi connectivity index (χ3v) is 5.41. The van der Waals surface area contributed by atoms with Gasteiger partial charge < -0.3 is 14.4 Å². The lowest BCUT2D eigenvalue weighted by Gasteiger charge is -2.20. The molecule has 0 atom stereocenters. The van der Waals surface area contributed by atoms with Gasteiger partial charge in [-0.15, -0.1) is 0 Å². The second kappa shape index (κ2) is 8.17. The Morgan fingerprint density at radius 2 is 1.83 bits per heavy atom. The molecular formula is C22H22ClN3O3. The summed E-state index contributed by atoms with van der Waals surface area (Å²) < 4.78 is 12.7. The average Bonchev–Trinajstić information content (AvgIpc) is 3.04. The molecule has 6 nitrogen and oxygen atoms in total. The Morgan fingerprint density at radius 3 is 2.59 bits per heavy atom. The van der Waals surface area contributed by atoms with Crippen LogP contribution in [-0.4, -0.2) is 41.4 Å². The first-order chi connectivity index (χ1) is 14.1. The number of fused-ring (bicyclic) bond motifs is 1. The van der Waals surface area contributed by atoms with Gasteiger partial charge in [-0.3, -0.25) is 9.48 Å². The maximum absolute atomic E-state index is 13.0. The Balaban J connectivity index is 1.62. The Morgan fingerprint density at radius 1 is 1.03 bits per heavy atom. The van der Waals surface area contributed by atoms with Crippen LogP contribution in [0.25, 0.3) is 11.3 Å². The molecule has 0 unspecified atom stereocenters. The lowest BCUT2D eigenvalue weighted by atomic mass is 10.1. The molecule has 0 saturated carbocycles. The average molecular weight is 412 g/mol. The van der Waals surface area contributed by atoms with E-state index < -0.39 is 0 Å². The van der Waals surface area contributed by atoms with Crippen molar-refractivity contribution in [2.45, 2.75) is 19.5 Å². The third kappa shape index (κ3) is 3.80. The summed E-state index contributed by atoms with van der Waals surface area (Å²) in [6.45, 7) is 1.92. The topological polar surface area (TPSA) is 56.6 Å². The van der Waals surface area contributed by atoms with Gasteiger partial charge in [-0.1, -0.05) is 23.7 Å². The number of ether oxygens (including phenoxy) is 2. The summed E-state index contributed by atoms with van der Waals surface area (Å²) in [7, 11) is 3.23. The van der Waals surface area contributed by atoms with Gasteiger partial charge in [-0.05, 0) is 42.8 Å². The van der Waals surface area contributed by atoms with Gasteiger partial charge in [-0.25, -0.2) is 0 Å². The molecule has 1 amide bonds. The molecule has 0 saturated heterocycles. The van der Waals surface area contributed by atoms with Gasteiger partial charge >= 0.3 is 0 Å². The molecule has 0 spiro atoms. The maximum atomic E-state index is 13.0. The molecule has 7 heteroatoms. The zero-order chi connectivity index (χ0) is 20.4. The lowest BCUT2D eigenvalue weighted by molar-refractivity contribution is 0.0746. The van der Waals surface area contributed by atoms with E-state index in [4.69, 9.17) is 26.2 Å². The summed E-state index contributed by atoms with van der Waals surface area (Å²) in [5.74, 6) is 1.27. The van der Waals surface area contributed by atoms with Crippen LogP contribution in [0.4, 0.5) is 0 Å². The van der Waals surface area contributed by atoms with E-state index in [-0.39, 0.29) is 5.91 Å². The number of halogens is 1. The first-order valence-corrected chi connectivity index (χ1v) is 9.81. The molecule has 2 aromatic carbocycles. The second-order valence-corrected chi connectivity index (χ2v) is 7.28. The number of methoxy groups -OCH3 is 2. The van der Waals surface area contributed by atoms with Crippen LogP contribution in [0.2, 0.25) is 5.02 Å². The van der Waals surface area contributed by atoms with E-state index in [1.165, 1.54) is 0 Å². The monoisotopic (exact) mass is 411 g/mol. The van der Waals surface area contributed by atoms with Crippen molar-refractivity contribution in [3.05, 3.63) is 64.8 Å². The van der Waals surface area contributed by atoms with Crippen molar-refractivity contribution in [1.29, 1.82) is 0 Å². The summed E-state index contributed by atoms with van der Waals surface area (Å²) in [4.78, 5) is 14.8. The number of aromatic nitrogens is 2. The minimum absolute atomic E-state index is 0.0575. The van der Waals surface area contributed by atoms with E-state index in [1.54, 1.807) is 26.4 Å². The van der Waals surface area contributed by atoms with E-state index in [0.717, 1.165) is 29.9 Å². The summed E-state index contributed by atoms with van der Waals surface area (Å²) in [5.41, 5.74) is 3.30. The summed E-state index contributed by atoms with van der Waals surface area (Å²) in [6, 6.07) is 14.9. The number of aryl methyl sites for hydroxylation is 1. The van der Waals surface area contributed by atoms with Gasteiger partial charge in [0.1, 0.15) is 0 Å². The lowest BCUT2D eigenvalue weighted by Crippen LogP contribution is -2.30. The van der Waals surface area contributed by atoms with E-state index in [1.807, 2.05) is 46.0 Å². The van der Waals surface area contributed by atoms with Crippen LogP contribution < -0.4 is 9.47 Å². The van der Waals surface area contributed by atoms with Crippen molar-refractivity contribution in [3.8, 4) is 22.8 Å². The van der Waals surface area contributed by atoms with Crippen molar-refractivity contribution >= 4 is 17.5 Å². The highest BCUT2D eigenvalue weighted by atomic mass is 35.5. The highest BCUT2D eigenvalue weighted by Crippen LogP contribution is 2.32. The zero-order valence-corrected chi connectivity index (χ0v) is 17.1. The minimum atomic E-state index is -0.0575. The maximum Gasteiger partial charge on any atom is 0.255 e. The fourth-order valence-electron chi connectivity index (χ4n) is 3.58. The summed E-state index contributed by atoms with van der Waals surface area (Å²) >= 11 is 6.23. The van der Waals surface area contributed by atoms with Crippen LogP contribution in [0, 0.1) is 0 Å². The molecule has 29 heavy (non-hydrogen) atoms. The van der Waals surface area contributed by atoms with Gasteiger partial charge in [-0.2, -0.15) is 5.10 Å². The molecule has 1 aromatic heterocycles. The number of amides is 1. The largest absolute Gasteiger partial charge is 0.493 e. The van der Waals surface area contributed by atoms with Gasteiger partial charge in [0.15, 0.2) is 11.5 Å². The van der Waals surface area contributed by atoms with Crippen LogP contribution in [0.15, 0.2) is 48.5 Å². The van der Waals surface area contributed by atoms with Crippen molar-refractivity contribution in [3.63, 3.8) is 0 Å². The van der Waals surface area contributed by atoms with Crippen LogP contribution in [0.1, 0.15) is 22.5 Å². The van der Waals surface area contributed by atoms with Crippen molar-refractivity contribution in [2.24, 2.45) is 0 Å². The molecule has 2 heterocycles. The molecule has 0 bridgehead atoms. The number of benzene rings is 2.